The van der Waals surface area contributed by atoms with E-state index in [0.717, 1.165) is 11.8 Å². The SMILES string of the molecule is CCCCCCCCC([CH]C(CCCCC)CCCCCCC)CCCC. The van der Waals surface area contributed by atoms with Gasteiger partial charge in [-0.2, -0.15) is 0 Å². The largest absolute Gasteiger partial charge is 0.0654 e. The van der Waals surface area contributed by atoms with Gasteiger partial charge in [-0.15, -0.1) is 0 Å². The summed E-state index contributed by atoms with van der Waals surface area (Å²) in [7, 11) is 0. The normalized spacial score (nSPS) is 13.8. The second-order valence-corrected chi connectivity index (χ2v) is 9.11. The van der Waals surface area contributed by atoms with Crippen molar-refractivity contribution in [3.05, 3.63) is 6.42 Å². The lowest BCUT2D eigenvalue weighted by Crippen LogP contribution is -2.11. The van der Waals surface area contributed by atoms with Crippen molar-refractivity contribution >= 4 is 0 Å². The maximum Gasteiger partial charge on any atom is -0.0324 e. The average molecular weight is 380 g/mol. The molecule has 2 atom stereocenters. The first-order valence-corrected chi connectivity index (χ1v) is 13.1. The summed E-state index contributed by atoms with van der Waals surface area (Å²) in [5, 5.41) is 0. The van der Waals surface area contributed by atoms with Crippen LogP contribution in [-0.4, -0.2) is 0 Å². The Hall–Kier alpha value is 0. The summed E-state index contributed by atoms with van der Waals surface area (Å²) < 4.78 is 0. The third kappa shape index (κ3) is 19.1. The van der Waals surface area contributed by atoms with Gasteiger partial charge in [-0.05, 0) is 18.3 Å². The maximum absolute atomic E-state index is 2.84. The molecule has 0 aromatic heterocycles. The zero-order valence-corrected chi connectivity index (χ0v) is 19.9. The predicted molar refractivity (Wildman–Crippen MR) is 126 cm³/mol. The van der Waals surface area contributed by atoms with Crippen LogP contribution in [0.25, 0.3) is 0 Å². The maximum atomic E-state index is 2.84. The van der Waals surface area contributed by atoms with E-state index in [2.05, 4.69) is 34.1 Å². The number of hydrogen-bond donors (Lipinski definition) is 0. The standard InChI is InChI=1S/C27H55/c1-5-9-13-15-17-20-23-26(21-12-8-4)25-27(22-18-11-7-3)24-19-16-14-10-6-2/h25-27H,5-24H2,1-4H3. The minimum absolute atomic E-state index is 0.901. The van der Waals surface area contributed by atoms with Crippen LogP contribution in [0.15, 0.2) is 0 Å². The van der Waals surface area contributed by atoms with Gasteiger partial charge in [-0.1, -0.05) is 156 Å². The van der Waals surface area contributed by atoms with Crippen LogP contribution in [-0.2, 0) is 0 Å². The van der Waals surface area contributed by atoms with E-state index < -0.39 is 0 Å². The van der Waals surface area contributed by atoms with Gasteiger partial charge in [0.25, 0.3) is 0 Å². The Morgan fingerprint density at radius 2 is 0.667 bits per heavy atom. The van der Waals surface area contributed by atoms with E-state index in [1.807, 2.05) is 0 Å². The van der Waals surface area contributed by atoms with Crippen molar-refractivity contribution in [2.75, 3.05) is 0 Å². The van der Waals surface area contributed by atoms with E-state index in [4.69, 9.17) is 0 Å². The second-order valence-electron chi connectivity index (χ2n) is 9.11. The zero-order valence-electron chi connectivity index (χ0n) is 19.9. The first-order valence-electron chi connectivity index (χ1n) is 13.1. The molecule has 1 radical (unpaired) electrons. The van der Waals surface area contributed by atoms with Crippen molar-refractivity contribution in [2.45, 2.75) is 156 Å². The van der Waals surface area contributed by atoms with Gasteiger partial charge in [0.05, 0.1) is 0 Å². The third-order valence-electron chi connectivity index (χ3n) is 6.26. The first kappa shape index (κ1) is 27.0. The fraction of sp³-hybridized carbons (Fsp3) is 0.963. The molecule has 0 aromatic carbocycles. The highest BCUT2D eigenvalue weighted by Crippen LogP contribution is 2.29. The molecular weight excluding hydrogens is 324 g/mol. The summed E-state index contributed by atoms with van der Waals surface area (Å²) in [6.45, 7) is 9.33. The lowest BCUT2D eigenvalue weighted by atomic mass is 9.82. The summed E-state index contributed by atoms with van der Waals surface area (Å²) in [5.74, 6) is 1.80. The Labute approximate surface area is 174 Å². The molecule has 0 bridgehead atoms. The van der Waals surface area contributed by atoms with Crippen molar-refractivity contribution in [2.24, 2.45) is 11.8 Å². The van der Waals surface area contributed by atoms with Gasteiger partial charge in [0.15, 0.2) is 0 Å². The fourth-order valence-corrected chi connectivity index (χ4v) is 4.38. The lowest BCUT2D eigenvalue weighted by molar-refractivity contribution is 0.368. The molecule has 0 aliphatic heterocycles. The molecule has 0 heteroatoms. The van der Waals surface area contributed by atoms with Gasteiger partial charge in [0.2, 0.25) is 0 Å². The Balaban J connectivity index is 4.28. The van der Waals surface area contributed by atoms with Gasteiger partial charge in [-0.25, -0.2) is 0 Å². The van der Waals surface area contributed by atoms with E-state index in [1.54, 1.807) is 0 Å². The molecule has 0 spiro atoms. The summed E-state index contributed by atoms with van der Waals surface area (Å²) in [5.41, 5.74) is 0. The molecule has 163 valence electrons. The van der Waals surface area contributed by atoms with Crippen LogP contribution in [0.4, 0.5) is 0 Å². The molecule has 0 N–H and O–H groups in total. The molecule has 0 amide bonds. The van der Waals surface area contributed by atoms with Gasteiger partial charge >= 0.3 is 0 Å². The number of unbranched alkanes of at least 4 members (excludes halogenated alkanes) is 12. The minimum Gasteiger partial charge on any atom is -0.0654 e. The third-order valence-corrected chi connectivity index (χ3v) is 6.26. The van der Waals surface area contributed by atoms with E-state index in [0.29, 0.717) is 0 Å². The molecule has 0 rings (SSSR count). The summed E-state index contributed by atoms with van der Waals surface area (Å²) in [6, 6.07) is 0. The summed E-state index contributed by atoms with van der Waals surface area (Å²) in [6.07, 6.45) is 31.5. The molecule has 0 saturated carbocycles. The van der Waals surface area contributed by atoms with Gasteiger partial charge in [-0.3, -0.25) is 0 Å². The van der Waals surface area contributed by atoms with Crippen molar-refractivity contribution < 1.29 is 0 Å². The molecule has 0 aromatic rings. The zero-order chi connectivity index (χ0) is 20.0. The van der Waals surface area contributed by atoms with Crippen molar-refractivity contribution in [1.29, 1.82) is 0 Å². The molecule has 27 heavy (non-hydrogen) atoms. The summed E-state index contributed by atoms with van der Waals surface area (Å²) in [4.78, 5) is 0. The molecule has 2 unspecified atom stereocenters. The Morgan fingerprint density at radius 3 is 1.11 bits per heavy atom. The Morgan fingerprint density at radius 1 is 0.370 bits per heavy atom. The fourth-order valence-electron chi connectivity index (χ4n) is 4.38. The Bertz CT molecular complexity index is 257. The molecular formula is C27H55. The van der Waals surface area contributed by atoms with Crippen molar-refractivity contribution in [3.8, 4) is 0 Å². The minimum atomic E-state index is 0.901. The molecule has 0 aliphatic rings. The number of rotatable bonds is 22. The quantitative estimate of drug-likeness (QED) is 0.164. The van der Waals surface area contributed by atoms with E-state index in [-0.39, 0.29) is 0 Å². The van der Waals surface area contributed by atoms with E-state index in [1.165, 1.54) is 128 Å². The van der Waals surface area contributed by atoms with E-state index in [9.17, 15) is 0 Å². The van der Waals surface area contributed by atoms with Crippen LogP contribution in [0.5, 0.6) is 0 Å². The molecule has 0 saturated heterocycles. The highest BCUT2D eigenvalue weighted by Gasteiger charge is 2.16. The van der Waals surface area contributed by atoms with Crippen molar-refractivity contribution in [3.63, 3.8) is 0 Å². The Kier molecular flexibility index (Phi) is 22.3. The van der Waals surface area contributed by atoms with Gasteiger partial charge in [0.1, 0.15) is 0 Å². The smallest absolute Gasteiger partial charge is 0.0324 e. The molecule has 0 heterocycles. The van der Waals surface area contributed by atoms with Crippen LogP contribution in [0.3, 0.4) is 0 Å². The highest BCUT2D eigenvalue weighted by atomic mass is 14.2. The molecule has 0 nitrogen and oxygen atoms in total. The van der Waals surface area contributed by atoms with E-state index >= 15 is 0 Å². The van der Waals surface area contributed by atoms with Crippen LogP contribution in [0.2, 0.25) is 0 Å². The van der Waals surface area contributed by atoms with Crippen LogP contribution in [0.1, 0.15) is 156 Å². The van der Waals surface area contributed by atoms with Gasteiger partial charge < -0.3 is 0 Å². The average Bonchev–Trinajstić information content (AvgIpc) is 2.68. The lowest BCUT2D eigenvalue weighted by Gasteiger charge is -2.24. The van der Waals surface area contributed by atoms with Crippen molar-refractivity contribution in [1.82, 2.24) is 0 Å². The van der Waals surface area contributed by atoms with Crippen LogP contribution in [0, 0.1) is 18.3 Å². The predicted octanol–water partition coefficient (Wildman–Crippen LogP) is 10.3. The topological polar surface area (TPSA) is 0 Å². The number of hydrogen-bond acceptors (Lipinski definition) is 0. The second kappa shape index (κ2) is 22.3. The highest BCUT2D eigenvalue weighted by molar-refractivity contribution is 4.84. The van der Waals surface area contributed by atoms with Gasteiger partial charge in [0, 0.05) is 0 Å². The van der Waals surface area contributed by atoms with Crippen LogP contribution < -0.4 is 0 Å². The summed E-state index contributed by atoms with van der Waals surface area (Å²) >= 11 is 0. The molecule has 0 fully saturated rings. The molecule has 0 aliphatic carbocycles. The monoisotopic (exact) mass is 379 g/mol. The first-order chi connectivity index (χ1) is 13.3. The van der Waals surface area contributed by atoms with Crippen LogP contribution >= 0.6 is 0 Å².